The Kier molecular flexibility index (Phi) is 18.4. The summed E-state index contributed by atoms with van der Waals surface area (Å²) in [6.07, 6.45) is 1.33. The van der Waals surface area contributed by atoms with Crippen LogP contribution in [0.25, 0.3) is 34.4 Å². The molecule has 2 aromatic carbocycles. The van der Waals surface area contributed by atoms with Gasteiger partial charge in [0.25, 0.3) is 0 Å². The largest absolute Gasteiger partial charge is 0.494 e. The highest BCUT2D eigenvalue weighted by molar-refractivity contribution is 7.90. The Morgan fingerprint density at radius 3 is 1.15 bits per heavy atom. The molecule has 8 rings (SSSR count). The fraction of sp³-hybridized carbons (Fsp3) is 0.304. The molecular weight excluding hydrogens is 1080 g/mol. The molecule has 0 fully saturated rings. The van der Waals surface area contributed by atoms with Crippen molar-refractivity contribution in [2.75, 3.05) is 68.4 Å². The lowest BCUT2D eigenvalue weighted by atomic mass is 10.2. The van der Waals surface area contributed by atoms with Crippen molar-refractivity contribution in [2.24, 2.45) is 0 Å². The Labute approximate surface area is 444 Å². The Morgan fingerprint density at radius 1 is 0.500 bits per heavy atom. The molecule has 0 amide bonds. The molecule has 0 aliphatic carbocycles. The van der Waals surface area contributed by atoms with Gasteiger partial charge in [0, 0.05) is 26.4 Å². The lowest BCUT2D eigenvalue weighted by molar-refractivity contribution is 0.121. The van der Waals surface area contributed by atoms with Crippen molar-refractivity contribution in [3.63, 3.8) is 0 Å². The summed E-state index contributed by atoms with van der Waals surface area (Å²) in [5.41, 5.74) is 1.68. The SMILES string of the molecule is COc1cccc(-c2nnc(CS(=O)(=O)C[C@@H](OC)c3ncc(Cl)s3)n2-c2c(OC)cccc2OC)n1.COc1cccc(-c2nnc(CS(=O)(=O)C[C@H](OC)c3ncc(Cl)s3)n2-c2c(OC)cccc2OC)n1. The van der Waals surface area contributed by atoms with Gasteiger partial charge in [0.1, 0.15) is 88.2 Å². The molecule has 22 nitrogen and oxygen atoms in total. The smallest absolute Gasteiger partial charge is 0.213 e. The zero-order valence-electron chi connectivity index (χ0n) is 40.8. The minimum Gasteiger partial charge on any atom is -0.494 e. The Bertz CT molecular complexity index is 3160. The van der Waals surface area contributed by atoms with Crippen LogP contribution in [0.5, 0.6) is 34.8 Å². The van der Waals surface area contributed by atoms with Crippen LogP contribution in [-0.2, 0) is 40.7 Å². The molecule has 6 aromatic heterocycles. The normalized spacial score (nSPS) is 12.4. The molecule has 0 unspecified atom stereocenters. The Morgan fingerprint density at radius 2 is 0.851 bits per heavy atom. The van der Waals surface area contributed by atoms with Crippen molar-refractivity contribution in [3.8, 4) is 69.2 Å². The van der Waals surface area contributed by atoms with Gasteiger partial charge in [-0.2, -0.15) is 0 Å². The number of rotatable bonds is 22. The van der Waals surface area contributed by atoms with E-state index < -0.39 is 43.4 Å². The van der Waals surface area contributed by atoms with Crippen molar-refractivity contribution < 1.29 is 54.7 Å². The number of methoxy groups -OCH3 is 8. The molecule has 28 heteroatoms. The summed E-state index contributed by atoms with van der Waals surface area (Å²) < 4.78 is 101. The van der Waals surface area contributed by atoms with E-state index in [1.165, 1.54) is 69.3 Å². The van der Waals surface area contributed by atoms with Gasteiger partial charge in [-0.3, -0.25) is 9.13 Å². The number of para-hydroxylation sites is 2. The Balaban J connectivity index is 0.000000216. The number of ether oxygens (including phenoxy) is 8. The average molecular weight is 1130 g/mol. The summed E-state index contributed by atoms with van der Waals surface area (Å²) >= 11 is 14.3. The van der Waals surface area contributed by atoms with Crippen molar-refractivity contribution in [3.05, 3.63) is 116 Å². The van der Waals surface area contributed by atoms with Crippen LogP contribution < -0.4 is 28.4 Å². The van der Waals surface area contributed by atoms with Gasteiger partial charge in [-0.15, -0.1) is 43.1 Å². The van der Waals surface area contributed by atoms with E-state index >= 15 is 0 Å². The number of hydrogen-bond donors (Lipinski definition) is 0. The van der Waals surface area contributed by atoms with Gasteiger partial charge < -0.3 is 37.9 Å². The lowest BCUT2D eigenvalue weighted by Gasteiger charge is -2.18. The monoisotopic (exact) mass is 1130 g/mol. The van der Waals surface area contributed by atoms with Crippen LogP contribution in [0.1, 0.15) is 33.9 Å². The third-order valence-electron chi connectivity index (χ3n) is 10.7. The first-order valence-corrected chi connectivity index (χ1v) is 27.7. The molecule has 0 spiro atoms. The number of hydrogen-bond acceptors (Lipinski definition) is 22. The molecular formula is C46H48Cl2N10O12S4. The fourth-order valence-electron chi connectivity index (χ4n) is 7.32. The second kappa shape index (κ2) is 24.7. The lowest BCUT2D eigenvalue weighted by Crippen LogP contribution is -2.20. The molecule has 0 N–H and O–H groups in total. The van der Waals surface area contributed by atoms with E-state index in [4.69, 9.17) is 61.1 Å². The van der Waals surface area contributed by atoms with Gasteiger partial charge in [0.05, 0.1) is 66.6 Å². The number of benzene rings is 2. The standard InChI is InChI=1S/2C23H24ClN5O6S2/c2*1-32-15-8-6-9-16(33-2)21(15)29-19(27-28-22(29)14-7-5-10-20(26-14)35-4)13-37(30,31)12-17(34-3)23-25-11-18(24)36-23/h2*5-11,17H,12-13H2,1-4H3/t2*17-/m10/s1. The zero-order chi connectivity index (χ0) is 53.2. The maximum atomic E-state index is 13.4. The van der Waals surface area contributed by atoms with Gasteiger partial charge in [0.2, 0.25) is 11.8 Å². The van der Waals surface area contributed by atoms with E-state index in [1.54, 1.807) is 81.9 Å². The molecule has 0 radical (unpaired) electrons. The van der Waals surface area contributed by atoms with E-state index in [-0.39, 0.29) is 34.8 Å². The maximum absolute atomic E-state index is 13.4. The summed E-state index contributed by atoms with van der Waals surface area (Å²) in [6.45, 7) is 0. The minimum absolute atomic E-state index is 0.134. The highest BCUT2D eigenvalue weighted by Gasteiger charge is 2.32. The van der Waals surface area contributed by atoms with Crippen molar-refractivity contribution in [1.82, 2.24) is 49.5 Å². The molecule has 0 saturated carbocycles. The summed E-state index contributed by atoms with van der Waals surface area (Å²) in [6, 6.07) is 20.7. The van der Waals surface area contributed by atoms with Crippen molar-refractivity contribution >= 4 is 65.5 Å². The molecule has 0 bridgehead atoms. The zero-order valence-corrected chi connectivity index (χ0v) is 45.6. The van der Waals surface area contributed by atoms with Gasteiger partial charge in [-0.25, -0.2) is 36.8 Å². The van der Waals surface area contributed by atoms with Gasteiger partial charge >= 0.3 is 0 Å². The number of aromatic nitrogens is 10. The summed E-state index contributed by atoms with van der Waals surface area (Å²) in [7, 11) is 4.29. The highest BCUT2D eigenvalue weighted by Crippen LogP contribution is 2.39. The van der Waals surface area contributed by atoms with Gasteiger partial charge in [0.15, 0.2) is 43.0 Å². The fourth-order valence-corrected chi connectivity index (χ4v) is 12.4. The second-order valence-electron chi connectivity index (χ2n) is 15.3. The molecule has 8 aromatic rings. The number of thiazole rings is 2. The molecule has 0 aliphatic rings. The van der Waals surface area contributed by atoms with Crippen LogP contribution in [0.4, 0.5) is 0 Å². The summed E-state index contributed by atoms with van der Waals surface area (Å²) in [5, 5.41) is 18.0. The third-order valence-corrected chi connectivity index (χ3v) is 16.1. The van der Waals surface area contributed by atoms with Crippen LogP contribution in [0, 0.1) is 0 Å². The maximum Gasteiger partial charge on any atom is 0.213 e. The molecule has 0 aliphatic heterocycles. The number of nitrogens with zero attached hydrogens (tertiary/aromatic N) is 10. The predicted molar refractivity (Wildman–Crippen MR) is 277 cm³/mol. The van der Waals surface area contributed by atoms with Gasteiger partial charge in [-0.1, -0.05) is 47.5 Å². The van der Waals surface area contributed by atoms with Crippen LogP contribution in [0.3, 0.4) is 0 Å². The van der Waals surface area contributed by atoms with Crippen molar-refractivity contribution in [1.29, 1.82) is 0 Å². The summed E-state index contributed by atoms with van der Waals surface area (Å²) in [5.74, 6) is 1.66. The molecule has 6 heterocycles. The van der Waals surface area contributed by atoms with Crippen LogP contribution in [0.2, 0.25) is 8.67 Å². The summed E-state index contributed by atoms with van der Waals surface area (Å²) in [4.78, 5) is 17.2. The quantitative estimate of drug-likeness (QED) is 0.0635. The number of sulfone groups is 2. The molecule has 0 saturated heterocycles. The third kappa shape index (κ3) is 12.9. The van der Waals surface area contributed by atoms with Gasteiger partial charge in [-0.05, 0) is 36.4 Å². The first-order valence-electron chi connectivity index (χ1n) is 21.6. The minimum atomic E-state index is -3.79. The van der Waals surface area contributed by atoms with E-state index in [0.717, 1.165) is 22.7 Å². The topological polar surface area (TPSA) is 255 Å². The van der Waals surface area contributed by atoms with E-state index in [2.05, 4.69) is 40.3 Å². The molecule has 392 valence electrons. The second-order valence-corrected chi connectivity index (χ2v) is 22.9. The Hall–Kier alpha value is -6.52. The van der Waals surface area contributed by atoms with E-state index in [0.29, 0.717) is 76.2 Å². The first-order chi connectivity index (χ1) is 35.6. The van der Waals surface area contributed by atoms with E-state index in [9.17, 15) is 16.8 Å². The molecule has 2 atom stereocenters. The van der Waals surface area contributed by atoms with Crippen LogP contribution in [0.15, 0.2) is 85.2 Å². The number of halogens is 2. The predicted octanol–water partition coefficient (Wildman–Crippen LogP) is 7.54. The first kappa shape index (κ1) is 55.2. The highest BCUT2D eigenvalue weighted by atomic mass is 35.5. The van der Waals surface area contributed by atoms with Crippen LogP contribution in [-0.4, -0.2) is 135 Å². The van der Waals surface area contributed by atoms with Crippen LogP contribution >= 0.6 is 45.9 Å². The average Bonchev–Trinajstić information content (AvgIpc) is 4.24. The molecule has 74 heavy (non-hydrogen) atoms. The van der Waals surface area contributed by atoms with E-state index in [1.807, 2.05) is 0 Å². The van der Waals surface area contributed by atoms with Crippen molar-refractivity contribution in [2.45, 2.75) is 23.7 Å². The number of pyridine rings is 2.